The minimum absolute atomic E-state index is 0.807. The van der Waals surface area contributed by atoms with E-state index in [-0.39, 0.29) is 0 Å². The summed E-state index contributed by atoms with van der Waals surface area (Å²) in [7, 11) is 0. The predicted octanol–water partition coefficient (Wildman–Crippen LogP) is 3.66. The van der Waals surface area contributed by atoms with Crippen LogP contribution in [0.2, 0.25) is 0 Å². The summed E-state index contributed by atoms with van der Waals surface area (Å²) < 4.78 is 5.64. The molecule has 0 saturated carbocycles. The Hall–Kier alpha value is -1.44. The zero-order valence-corrected chi connectivity index (χ0v) is 9.34. The van der Waals surface area contributed by atoms with E-state index in [1.54, 1.807) is 0 Å². The number of rotatable bonds is 4. The van der Waals surface area contributed by atoms with Gasteiger partial charge in [0, 0.05) is 23.2 Å². The van der Waals surface area contributed by atoms with Crippen molar-refractivity contribution in [2.24, 2.45) is 0 Å². The maximum absolute atomic E-state index is 5.64. The number of hydrogen-bond donors (Lipinski definition) is 1. The molecule has 2 nitrogen and oxygen atoms in total. The highest BCUT2D eigenvalue weighted by Gasteiger charge is 2.00. The van der Waals surface area contributed by atoms with Crippen LogP contribution in [0.5, 0.6) is 5.75 Å². The summed E-state index contributed by atoms with van der Waals surface area (Å²) in [4.78, 5) is 3.24. The summed E-state index contributed by atoms with van der Waals surface area (Å²) in [6, 6.07) is 6.22. The molecule has 0 saturated heterocycles. The second kappa shape index (κ2) is 4.39. The molecule has 1 aromatic carbocycles. The highest BCUT2D eigenvalue weighted by molar-refractivity contribution is 5.84. The standard InChI is InChI=1S/C13H17NO/c1-3-4-7-15-11-5-6-12-10(2)9-14-13(12)8-11/h5-6,8-9,14H,3-4,7H2,1-2H3. The third-order valence-electron chi connectivity index (χ3n) is 2.63. The molecule has 15 heavy (non-hydrogen) atoms. The van der Waals surface area contributed by atoms with Crippen molar-refractivity contribution in [2.45, 2.75) is 26.7 Å². The van der Waals surface area contributed by atoms with Crippen molar-refractivity contribution in [3.63, 3.8) is 0 Å². The fraction of sp³-hybridized carbons (Fsp3) is 0.385. The number of H-pyrrole nitrogens is 1. The first kappa shape index (κ1) is 10.1. The molecule has 0 amide bonds. The van der Waals surface area contributed by atoms with Crippen molar-refractivity contribution in [2.75, 3.05) is 6.61 Å². The van der Waals surface area contributed by atoms with Crippen LogP contribution in [-0.4, -0.2) is 11.6 Å². The van der Waals surface area contributed by atoms with Gasteiger partial charge >= 0.3 is 0 Å². The highest BCUT2D eigenvalue weighted by Crippen LogP contribution is 2.22. The van der Waals surface area contributed by atoms with Gasteiger partial charge in [0.2, 0.25) is 0 Å². The Morgan fingerprint density at radius 1 is 1.33 bits per heavy atom. The Bertz CT molecular complexity index is 445. The molecule has 2 aromatic rings. The van der Waals surface area contributed by atoms with Crippen LogP contribution in [0.15, 0.2) is 24.4 Å². The summed E-state index contributed by atoms with van der Waals surface area (Å²) in [6.45, 7) is 5.08. The van der Waals surface area contributed by atoms with Crippen molar-refractivity contribution in [1.29, 1.82) is 0 Å². The van der Waals surface area contributed by atoms with Crippen LogP contribution in [0.25, 0.3) is 10.9 Å². The van der Waals surface area contributed by atoms with Gasteiger partial charge in [-0.3, -0.25) is 0 Å². The normalized spacial score (nSPS) is 10.8. The Morgan fingerprint density at radius 3 is 3.00 bits per heavy atom. The molecule has 1 N–H and O–H groups in total. The molecule has 1 heterocycles. The van der Waals surface area contributed by atoms with Crippen LogP contribution in [0.1, 0.15) is 25.3 Å². The van der Waals surface area contributed by atoms with Gasteiger partial charge in [0.15, 0.2) is 0 Å². The smallest absolute Gasteiger partial charge is 0.121 e. The minimum Gasteiger partial charge on any atom is -0.494 e. The lowest BCUT2D eigenvalue weighted by Gasteiger charge is -2.04. The number of aromatic nitrogens is 1. The van der Waals surface area contributed by atoms with Gasteiger partial charge in [0.25, 0.3) is 0 Å². The van der Waals surface area contributed by atoms with Crippen molar-refractivity contribution in [3.05, 3.63) is 30.0 Å². The lowest BCUT2D eigenvalue weighted by molar-refractivity contribution is 0.310. The third-order valence-corrected chi connectivity index (χ3v) is 2.63. The third kappa shape index (κ3) is 2.14. The molecule has 0 radical (unpaired) electrons. The van der Waals surface area contributed by atoms with Gasteiger partial charge in [-0.2, -0.15) is 0 Å². The number of nitrogens with one attached hydrogen (secondary N) is 1. The molecule has 0 spiro atoms. The molecule has 0 aliphatic rings. The van der Waals surface area contributed by atoms with E-state index in [1.165, 1.54) is 17.4 Å². The first-order valence-electron chi connectivity index (χ1n) is 5.52. The quantitative estimate of drug-likeness (QED) is 0.754. The summed E-state index contributed by atoms with van der Waals surface area (Å²) in [6.07, 6.45) is 4.31. The fourth-order valence-electron chi connectivity index (χ4n) is 1.67. The van der Waals surface area contributed by atoms with Gasteiger partial charge in [-0.15, -0.1) is 0 Å². The molecule has 2 heteroatoms. The summed E-state index contributed by atoms with van der Waals surface area (Å²) in [5, 5.41) is 1.28. The highest BCUT2D eigenvalue weighted by atomic mass is 16.5. The van der Waals surface area contributed by atoms with Gasteiger partial charge in [0.1, 0.15) is 5.75 Å². The number of aromatic amines is 1. The van der Waals surface area contributed by atoms with E-state index >= 15 is 0 Å². The number of hydrogen-bond acceptors (Lipinski definition) is 1. The Balaban J connectivity index is 2.16. The maximum atomic E-state index is 5.64. The van der Waals surface area contributed by atoms with Crippen molar-refractivity contribution < 1.29 is 4.74 Å². The molecule has 0 fully saturated rings. The Kier molecular flexibility index (Phi) is 2.95. The van der Waals surface area contributed by atoms with E-state index in [0.29, 0.717) is 0 Å². The average Bonchev–Trinajstić information content (AvgIpc) is 2.61. The van der Waals surface area contributed by atoms with E-state index in [4.69, 9.17) is 4.74 Å². The molecule has 0 aliphatic heterocycles. The van der Waals surface area contributed by atoms with Crippen LogP contribution < -0.4 is 4.74 Å². The van der Waals surface area contributed by atoms with Crippen LogP contribution in [-0.2, 0) is 0 Å². The molecule has 0 bridgehead atoms. The second-order valence-corrected chi connectivity index (χ2v) is 3.88. The lowest BCUT2D eigenvalue weighted by Crippen LogP contribution is -1.95. The van der Waals surface area contributed by atoms with E-state index < -0.39 is 0 Å². The summed E-state index contributed by atoms with van der Waals surface area (Å²) in [5.74, 6) is 0.956. The van der Waals surface area contributed by atoms with Crippen LogP contribution in [0.4, 0.5) is 0 Å². The maximum Gasteiger partial charge on any atom is 0.121 e. The Labute approximate surface area is 90.3 Å². The van der Waals surface area contributed by atoms with Gasteiger partial charge in [0.05, 0.1) is 6.61 Å². The molecule has 1 aromatic heterocycles. The van der Waals surface area contributed by atoms with E-state index in [0.717, 1.165) is 24.3 Å². The van der Waals surface area contributed by atoms with Crippen LogP contribution in [0.3, 0.4) is 0 Å². The number of aryl methyl sites for hydroxylation is 1. The van der Waals surface area contributed by atoms with E-state index in [1.807, 2.05) is 12.3 Å². The first-order chi connectivity index (χ1) is 7.31. The van der Waals surface area contributed by atoms with Crippen molar-refractivity contribution in [1.82, 2.24) is 4.98 Å². The molecule has 0 unspecified atom stereocenters. The zero-order chi connectivity index (χ0) is 10.7. The minimum atomic E-state index is 0.807. The fourth-order valence-corrected chi connectivity index (χ4v) is 1.67. The number of fused-ring (bicyclic) bond motifs is 1. The monoisotopic (exact) mass is 203 g/mol. The van der Waals surface area contributed by atoms with Crippen LogP contribution >= 0.6 is 0 Å². The Morgan fingerprint density at radius 2 is 2.20 bits per heavy atom. The van der Waals surface area contributed by atoms with Gasteiger partial charge < -0.3 is 9.72 Å². The van der Waals surface area contributed by atoms with Crippen molar-refractivity contribution in [3.8, 4) is 5.75 Å². The topological polar surface area (TPSA) is 25.0 Å². The summed E-state index contributed by atoms with van der Waals surface area (Å²) in [5.41, 5.74) is 2.44. The molecule has 0 aliphatic carbocycles. The predicted molar refractivity (Wildman–Crippen MR) is 63.4 cm³/mol. The van der Waals surface area contributed by atoms with Crippen molar-refractivity contribution >= 4 is 10.9 Å². The molecule has 2 rings (SSSR count). The van der Waals surface area contributed by atoms with E-state index in [2.05, 4.69) is 31.0 Å². The molecular formula is C13H17NO. The molecule has 80 valence electrons. The number of benzene rings is 1. The van der Waals surface area contributed by atoms with Gasteiger partial charge in [-0.1, -0.05) is 13.3 Å². The molecule has 0 atom stereocenters. The first-order valence-corrected chi connectivity index (χ1v) is 5.52. The number of ether oxygens (including phenoxy) is 1. The van der Waals surface area contributed by atoms with E-state index in [9.17, 15) is 0 Å². The SMILES string of the molecule is CCCCOc1ccc2c(C)c[nH]c2c1. The average molecular weight is 203 g/mol. The van der Waals surface area contributed by atoms with Crippen LogP contribution in [0, 0.1) is 6.92 Å². The molecular weight excluding hydrogens is 186 g/mol. The second-order valence-electron chi connectivity index (χ2n) is 3.88. The lowest BCUT2D eigenvalue weighted by atomic mass is 10.2. The largest absolute Gasteiger partial charge is 0.494 e. The summed E-state index contributed by atoms with van der Waals surface area (Å²) >= 11 is 0. The zero-order valence-electron chi connectivity index (χ0n) is 9.34. The van der Waals surface area contributed by atoms with Gasteiger partial charge in [-0.25, -0.2) is 0 Å². The number of unbranched alkanes of at least 4 members (excludes halogenated alkanes) is 1. The van der Waals surface area contributed by atoms with Gasteiger partial charge in [-0.05, 0) is 31.0 Å².